The molecule has 0 spiro atoms. The molecule has 2 rings (SSSR count). The molecule has 0 amide bonds. The highest BCUT2D eigenvalue weighted by molar-refractivity contribution is 7.92. The van der Waals surface area contributed by atoms with Gasteiger partial charge in [-0.1, -0.05) is 36.4 Å². The number of sulfonamides is 1. The van der Waals surface area contributed by atoms with E-state index in [4.69, 9.17) is 0 Å². The molecule has 0 heterocycles. The third kappa shape index (κ3) is 4.57. The molecule has 0 unspecified atom stereocenters. The smallest absolute Gasteiger partial charge is 0.350 e. The van der Waals surface area contributed by atoms with Gasteiger partial charge in [0.15, 0.2) is 0 Å². The summed E-state index contributed by atoms with van der Waals surface area (Å²) in [7, 11) is -4.08. The van der Waals surface area contributed by atoms with Gasteiger partial charge in [0.25, 0.3) is 15.6 Å². The van der Waals surface area contributed by atoms with E-state index in [1.165, 1.54) is 31.2 Å². The average Bonchev–Trinajstić information content (AvgIpc) is 2.68. The summed E-state index contributed by atoms with van der Waals surface area (Å²) in [6, 6.07) is 10.1. The van der Waals surface area contributed by atoms with Crippen LogP contribution in [0.2, 0.25) is 0 Å². The highest BCUT2D eigenvalue weighted by Crippen LogP contribution is 2.53. The van der Waals surface area contributed by atoms with E-state index in [0.29, 0.717) is 12.1 Å². The van der Waals surface area contributed by atoms with Gasteiger partial charge in [0.05, 0.1) is 17.2 Å². The maximum atomic E-state index is 13.6. The predicted molar refractivity (Wildman–Crippen MR) is 103 cm³/mol. The standard InChI is InChI=1S/C20H19F6NO3S/c1-3-14-30-18(19(21,22)23,20(24,25)26)15-10-12-16(13-11-15)27(4-2)31(28,29)17-8-6-5-7-9-17/h3,5-13H,1,4,14H2,2H3. The maximum Gasteiger partial charge on any atom is 0.430 e. The van der Waals surface area contributed by atoms with Crippen LogP contribution in [-0.4, -0.2) is 33.9 Å². The summed E-state index contributed by atoms with van der Waals surface area (Å²) in [5.74, 6) is 0. The summed E-state index contributed by atoms with van der Waals surface area (Å²) in [5, 5.41) is 0. The van der Waals surface area contributed by atoms with Gasteiger partial charge in [-0.05, 0) is 31.2 Å². The van der Waals surface area contributed by atoms with Gasteiger partial charge in [-0.2, -0.15) is 26.3 Å². The van der Waals surface area contributed by atoms with Crippen molar-refractivity contribution in [3.8, 4) is 0 Å². The Morgan fingerprint density at radius 3 is 1.87 bits per heavy atom. The van der Waals surface area contributed by atoms with Gasteiger partial charge in [0, 0.05) is 12.1 Å². The van der Waals surface area contributed by atoms with E-state index in [9.17, 15) is 34.8 Å². The summed E-state index contributed by atoms with van der Waals surface area (Å²) in [4.78, 5) is -0.0739. The Morgan fingerprint density at radius 1 is 0.935 bits per heavy atom. The lowest BCUT2D eigenvalue weighted by atomic mass is 9.91. The fourth-order valence-electron chi connectivity index (χ4n) is 2.99. The monoisotopic (exact) mass is 467 g/mol. The first-order chi connectivity index (χ1) is 14.3. The number of benzene rings is 2. The van der Waals surface area contributed by atoms with Crippen LogP contribution in [0.5, 0.6) is 0 Å². The molecule has 0 saturated heterocycles. The lowest BCUT2D eigenvalue weighted by Crippen LogP contribution is -2.56. The molecule has 0 N–H and O–H groups in total. The molecule has 0 aromatic heterocycles. The van der Waals surface area contributed by atoms with Crippen LogP contribution in [-0.2, 0) is 20.4 Å². The number of hydrogen-bond acceptors (Lipinski definition) is 3. The van der Waals surface area contributed by atoms with Crippen LogP contribution in [0.1, 0.15) is 12.5 Å². The van der Waals surface area contributed by atoms with Crippen molar-refractivity contribution in [1.29, 1.82) is 0 Å². The van der Waals surface area contributed by atoms with Crippen LogP contribution < -0.4 is 4.31 Å². The number of rotatable bonds is 8. The second kappa shape index (κ2) is 8.91. The molecule has 2 aromatic rings. The molecule has 0 atom stereocenters. The first kappa shape index (κ1) is 24.7. The van der Waals surface area contributed by atoms with E-state index in [1.54, 1.807) is 6.07 Å². The predicted octanol–water partition coefficient (Wildman–Crippen LogP) is 5.42. The van der Waals surface area contributed by atoms with Crippen molar-refractivity contribution >= 4 is 15.7 Å². The maximum absolute atomic E-state index is 13.6. The number of ether oxygens (including phenoxy) is 1. The first-order valence-corrected chi connectivity index (χ1v) is 10.3. The molecule has 2 aromatic carbocycles. The number of hydrogen-bond donors (Lipinski definition) is 0. The van der Waals surface area contributed by atoms with Crippen LogP contribution in [0.4, 0.5) is 32.0 Å². The molecule has 0 bridgehead atoms. The third-order valence-corrected chi connectivity index (χ3v) is 6.31. The van der Waals surface area contributed by atoms with Crippen molar-refractivity contribution in [1.82, 2.24) is 0 Å². The minimum absolute atomic E-state index is 0.0739. The van der Waals surface area contributed by atoms with Gasteiger partial charge >= 0.3 is 12.4 Å². The van der Waals surface area contributed by atoms with Crippen molar-refractivity contribution in [3.05, 3.63) is 72.8 Å². The Bertz CT molecular complexity index is 972. The van der Waals surface area contributed by atoms with Gasteiger partial charge in [0.2, 0.25) is 0 Å². The number of halogens is 6. The molecule has 170 valence electrons. The molecule has 4 nitrogen and oxygen atoms in total. The summed E-state index contributed by atoms with van der Waals surface area (Å²) in [6.07, 6.45) is -10.9. The number of alkyl halides is 6. The topological polar surface area (TPSA) is 46.6 Å². The quantitative estimate of drug-likeness (QED) is 0.385. The van der Waals surface area contributed by atoms with Crippen LogP contribution in [0.15, 0.2) is 72.1 Å². The Morgan fingerprint density at radius 2 is 1.45 bits per heavy atom. The van der Waals surface area contributed by atoms with Crippen molar-refractivity contribution in [2.24, 2.45) is 0 Å². The molecule has 0 aliphatic rings. The van der Waals surface area contributed by atoms with Gasteiger partial charge < -0.3 is 4.74 Å². The Balaban J connectivity index is 2.58. The fourth-order valence-corrected chi connectivity index (χ4v) is 4.49. The largest absolute Gasteiger partial charge is 0.430 e. The van der Waals surface area contributed by atoms with E-state index in [1.807, 2.05) is 0 Å². The van der Waals surface area contributed by atoms with E-state index in [-0.39, 0.29) is 17.1 Å². The molecule has 11 heteroatoms. The lowest BCUT2D eigenvalue weighted by molar-refractivity contribution is -0.387. The molecule has 0 radical (unpaired) electrons. The molecular formula is C20H19F6NO3S. The van der Waals surface area contributed by atoms with Gasteiger partial charge in [-0.15, -0.1) is 6.58 Å². The Hall–Kier alpha value is -2.53. The van der Waals surface area contributed by atoms with Gasteiger partial charge in [-0.3, -0.25) is 4.31 Å². The molecule has 0 aliphatic carbocycles. The lowest BCUT2D eigenvalue weighted by Gasteiger charge is -2.37. The van der Waals surface area contributed by atoms with Crippen LogP contribution in [0, 0.1) is 0 Å². The number of anilines is 1. The minimum Gasteiger partial charge on any atom is -0.350 e. The normalized spacial score (nSPS) is 13.1. The second-order valence-corrected chi connectivity index (χ2v) is 8.17. The highest BCUT2D eigenvalue weighted by atomic mass is 32.2. The number of nitrogens with zero attached hydrogens (tertiary/aromatic N) is 1. The zero-order chi connectivity index (χ0) is 23.5. The first-order valence-electron chi connectivity index (χ1n) is 8.89. The summed E-state index contributed by atoms with van der Waals surface area (Å²) < 4.78 is 113. The highest BCUT2D eigenvalue weighted by Gasteiger charge is 2.73. The van der Waals surface area contributed by atoms with Crippen molar-refractivity contribution in [3.63, 3.8) is 0 Å². The fraction of sp³-hybridized carbons (Fsp3) is 0.300. The van der Waals surface area contributed by atoms with Crippen LogP contribution in [0.25, 0.3) is 0 Å². The molecular weight excluding hydrogens is 448 g/mol. The van der Waals surface area contributed by atoms with Crippen LogP contribution in [0.3, 0.4) is 0 Å². The molecule has 0 saturated carbocycles. The van der Waals surface area contributed by atoms with Crippen molar-refractivity contribution in [2.75, 3.05) is 17.5 Å². The zero-order valence-corrected chi connectivity index (χ0v) is 17.1. The SMILES string of the molecule is C=CCOC(c1ccc(N(CC)S(=O)(=O)c2ccccc2)cc1)(C(F)(F)F)C(F)(F)F. The molecule has 0 fully saturated rings. The summed E-state index contributed by atoms with van der Waals surface area (Å²) in [5.41, 5.74) is -5.93. The van der Waals surface area contributed by atoms with E-state index in [2.05, 4.69) is 11.3 Å². The van der Waals surface area contributed by atoms with Gasteiger partial charge in [0.1, 0.15) is 0 Å². The minimum atomic E-state index is -5.84. The molecule has 0 aliphatic heterocycles. The van der Waals surface area contributed by atoms with E-state index < -0.39 is 40.1 Å². The van der Waals surface area contributed by atoms with E-state index >= 15 is 0 Å². The Kier molecular flexibility index (Phi) is 7.11. The molecule has 31 heavy (non-hydrogen) atoms. The zero-order valence-electron chi connectivity index (χ0n) is 16.2. The van der Waals surface area contributed by atoms with Crippen molar-refractivity contribution < 1.29 is 39.5 Å². The average molecular weight is 467 g/mol. The van der Waals surface area contributed by atoms with Crippen molar-refractivity contribution in [2.45, 2.75) is 29.8 Å². The Labute approximate surface area is 175 Å². The third-order valence-electron chi connectivity index (χ3n) is 4.40. The second-order valence-electron chi connectivity index (χ2n) is 6.31. The van der Waals surface area contributed by atoms with Gasteiger partial charge in [-0.25, -0.2) is 8.42 Å². The van der Waals surface area contributed by atoms with E-state index in [0.717, 1.165) is 22.5 Å². The van der Waals surface area contributed by atoms with Crippen LogP contribution >= 0.6 is 0 Å². The summed E-state index contributed by atoms with van der Waals surface area (Å²) >= 11 is 0. The summed E-state index contributed by atoms with van der Waals surface area (Å²) in [6.45, 7) is 3.46.